The highest BCUT2D eigenvalue weighted by Gasteiger charge is 2.65. The molecule has 1 aliphatic carbocycles. The van der Waals surface area contributed by atoms with Gasteiger partial charge in [0, 0.05) is 5.92 Å². The molecule has 0 aromatic heterocycles. The van der Waals surface area contributed by atoms with Gasteiger partial charge in [0.1, 0.15) is 13.2 Å². The number of carbonyl (C=O) groups excluding carboxylic acids is 1. The van der Waals surface area contributed by atoms with Crippen molar-refractivity contribution >= 4 is 12.1 Å². The lowest BCUT2D eigenvalue weighted by Gasteiger charge is -2.48. The van der Waals surface area contributed by atoms with Crippen LogP contribution in [0.2, 0.25) is 0 Å². The summed E-state index contributed by atoms with van der Waals surface area (Å²) in [5.41, 5.74) is 1.37. The van der Waals surface area contributed by atoms with E-state index in [1.54, 1.807) is 0 Å². The number of ether oxygens (including phenoxy) is 2. The van der Waals surface area contributed by atoms with Gasteiger partial charge in [0.05, 0.1) is 13.1 Å². The van der Waals surface area contributed by atoms with Crippen molar-refractivity contribution in [2.75, 3.05) is 26.3 Å². The van der Waals surface area contributed by atoms with Gasteiger partial charge >= 0.3 is 18.2 Å². The van der Waals surface area contributed by atoms with Gasteiger partial charge in [0.25, 0.3) is 0 Å². The Bertz CT molecular complexity index is 939. The normalized spacial score (nSPS) is 17.1. The van der Waals surface area contributed by atoms with Crippen molar-refractivity contribution in [2.24, 2.45) is 0 Å². The maximum atomic E-state index is 13.3. The zero-order valence-electron chi connectivity index (χ0n) is 15.7. The molecule has 1 N–H and O–H groups in total. The summed E-state index contributed by atoms with van der Waals surface area (Å²) in [4.78, 5) is 23.8. The number of nitrogens with zero attached hydrogens (tertiary/aromatic N) is 1. The summed E-state index contributed by atoms with van der Waals surface area (Å²) in [6, 6.07) is 15.4. The third-order valence-electron chi connectivity index (χ3n) is 5.48. The minimum Gasteiger partial charge on any atom is -0.480 e. The van der Waals surface area contributed by atoms with E-state index >= 15 is 0 Å². The van der Waals surface area contributed by atoms with E-state index in [0.29, 0.717) is 0 Å². The molecule has 0 atom stereocenters. The van der Waals surface area contributed by atoms with Crippen LogP contribution in [0.15, 0.2) is 48.5 Å². The highest BCUT2D eigenvalue weighted by molar-refractivity contribution is 5.79. The quantitative estimate of drug-likeness (QED) is 0.798. The summed E-state index contributed by atoms with van der Waals surface area (Å²) in [5.74, 6) is -1.73. The number of hydrogen-bond acceptors (Lipinski definition) is 4. The summed E-state index contributed by atoms with van der Waals surface area (Å²) < 4.78 is 49.8. The molecule has 30 heavy (non-hydrogen) atoms. The number of carboxylic acids is 1. The third-order valence-corrected chi connectivity index (χ3v) is 5.48. The van der Waals surface area contributed by atoms with Crippen LogP contribution in [0.5, 0.6) is 0 Å². The number of alkyl halides is 3. The lowest BCUT2D eigenvalue weighted by molar-refractivity contribution is -0.311. The number of rotatable bonds is 5. The van der Waals surface area contributed by atoms with Gasteiger partial charge in [-0.3, -0.25) is 0 Å². The zero-order valence-corrected chi connectivity index (χ0v) is 15.7. The van der Waals surface area contributed by atoms with E-state index in [0.717, 1.165) is 27.2 Å². The number of fused-ring (bicyclic) bond motifs is 3. The van der Waals surface area contributed by atoms with Crippen LogP contribution >= 0.6 is 0 Å². The molecular weight excluding hydrogens is 403 g/mol. The smallest absolute Gasteiger partial charge is 0.420 e. The second kappa shape index (κ2) is 7.32. The van der Waals surface area contributed by atoms with Crippen LogP contribution < -0.4 is 0 Å². The Labute approximate surface area is 169 Å². The maximum Gasteiger partial charge on any atom is 0.420 e. The number of halogens is 3. The standard InChI is InChI=1S/C21H18F3NO5/c22-21(23,24)20(30-10-18(26)27)11-25(12-20)19(28)29-9-17-15-7-3-1-5-13(15)14-6-2-4-8-16(14)17/h1-8,17H,9-12H2,(H,26,27). The number of carboxylic acid groups (broad SMARTS) is 1. The third kappa shape index (κ3) is 3.39. The van der Waals surface area contributed by atoms with E-state index in [1.807, 2.05) is 48.5 Å². The van der Waals surface area contributed by atoms with E-state index in [4.69, 9.17) is 9.84 Å². The Balaban J connectivity index is 1.42. The number of aliphatic carboxylic acids is 1. The van der Waals surface area contributed by atoms with Crippen molar-refractivity contribution < 1.29 is 37.3 Å². The zero-order chi connectivity index (χ0) is 21.5. The first-order chi connectivity index (χ1) is 14.2. The molecule has 1 fully saturated rings. The van der Waals surface area contributed by atoms with Crippen LogP contribution in [0, 0.1) is 0 Å². The number of benzene rings is 2. The molecule has 2 aromatic rings. The van der Waals surface area contributed by atoms with Crippen LogP contribution in [0.4, 0.5) is 18.0 Å². The van der Waals surface area contributed by atoms with Gasteiger partial charge in [-0.05, 0) is 22.3 Å². The molecular formula is C21H18F3NO5. The fourth-order valence-electron chi connectivity index (χ4n) is 3.94. The molecule has 0 saturated carbocycles. The minimum atomic E-state index is -4.80. The number of hydrogen-bond donors (Lipinski definition) is 1. The first-order valence-electron chi connectivity index (χ1n) is 9.24. The number of likely N-dealkylation sites (tertiary alicyclic amines) is 1. The molecule has 2 aliphatic rings. The topological polar surface area (TPSA) is 76.1 Å². The number of amides is 1. The fraction of sp³-hybridized carbons (Fsp3) is 0.333. The molecule has 0 bridgehead atoms. The number of carbonyl (C=O) groups is 2. The van der Waals surface area contributed by atoms with Gasteiger partial charge in [-0.25, -0.2) is 9.59 Å². The van der Waals surface area contributed by atoms with Gasteiger partial charge < -0.3 is 19.5 Å². The summed E-state index contributed by atoms with van der Waals surface area (Å²) in [6.45, 7) is -2.72. The van der Waals surface area contributed by atoms with Gasteiger partial charge in [0.15, 0.2) is 5.60 Å². The summed E-state index contributed by atoms with van der Waals surface area (Å²) in [7, 11) is 0. The Morgan fingerprint density at radius 2 is 1.57 bits per heavy atom. The highest BCUT2D eigenvalue weighted by Crippen LogP contribution is 2.45. The summed E-state index contributed by atoms with van der Waals surface area (Å²) >= 11 is 0. The maximum absolute atomic E-state index is 13.3. The molecule has 9 heteroatoms. The molecule has 6 nitrogen and oxygen atoms in total. The van der Waals surface area contributed by atoms with Crippen molar-refractivity contribution in [3.05, 3.63) is 59.7 Å². The summed E-state index contributed by atoms with van der Waals surface area (Å²) in [5, 5.41) is 8.61. The van der Waals surface area contributed by atoms with Crippen LogP contribution in [-0.4, -0.2) is 60.1 Å². The molecule has 0 radical (unpaired) electrons. The van der Waals surface area contributed by atoms with Gasteiger partial charge in [-0.15, -0.1) is 0 Å². The second-order valence-corrected chi connectivity index (χ2v) is 7.33. The molecule has 2 aromatic carbocycles. The molecule has 4 rings (SSSR count). The molecule has 1 aliphatic heterocycles. The fourth-order valence-corrected chi connectivity index (χ4v) is 3.94. The average molecular weight is 421 g/mol. The average Bonchev–Trinajstić information content (AvgIpc) is 2.98. The van der Waals surface area contributed by atoms with Crippen molar-refractivity contribution in [1.29, 1.82) is 0 Å². The van der Waals surface area contributed by atoms with E-state index in [1.165, 1.54) is 0 Å². The molecule has 0 spiro atoms. The molecule has 1 amide bonds. The molecule has 158 valence electrons. The Kier molecular flexibility index (Phi) is 4.93. The first kappa shape index (κ1) is 20.2. The van der Waals surface area contributed by atoms with Gasteiger partial charge in [-0.1, -0.05) is 48.5 Å². The van der Waals surface area contributed by atoms with E-state index in [9.17, 15) is 22.8 Å². The SMILES string of the molecule is O=C(O)COC1(C(F)(F)F)CN(C(=O)OCC2c3ccccc3-c3ccccc32)C1. The van der Waals surface area contributed by atoms with Crippen LogP contribution in [-0.2, 0) is 14.3 Å². The monoisotopic (exact) mass is 421 g/mol. The van der Waals surface area contributed by atoms with E-state index in [-0.39, 0.29) is 12.5 Å². The summed E-state index contributed by atoms with van der Waals surface area (Å²) in [6.07, 6.45) is -5.70. The predicted octanol–water partition coefficient (Wildman–Crippen LogP) is 3.65. The predicted molar refractivity (Wildman–Crippen MR) is 99.0 cm³/mol. The van der Waals surface area contributed by atoms with E-state index in [2.05, 4.69) is 4.74 Å². The Hall–Kier alpha value is -3.07. The van der Waals surface area contributed by atoms with Gasteiger partial charge in [-0.2, -0.15) is 13.2 Å². The first-order valence-corrected chi connectivity index (χ1v) is 9.24. The van der Waals surface area contributed by atoms with Crippen LogP contribution in [0.1, 0.15) is 17.0 Å². The van der Waals surface area contributed by atoms with Crippen molar-refractivity contribution in [3.63, 3.8) is 0 Å². The molecule has 1 heterocycles. The van der Waals surface area contributed by atoms with Crippen molar-refractivity contribution in [2.45, 2.75) is 17.7 Å². The highest BCUT2D eigenvalue weighted by atomic mass is 19.4. The minimum absolute atomic E-state index is 0.0155. The van der Waals surface area contributed by atoms with Crippen molar-refractivity contribution in [1.82, 2.24) is 4.90 Å². The Morgan fingerprint density at radius 1 is 1.03 bits per heavy atom. The lowest BCUT2D eigenvalue weighted by Crippen LogP contribution is -2.71. The molecule has 0 unspecified atom stereocenters. The van der Waals surface area contributed by atoms with Gasteiger partial charge in [0.2, 0.25) is 0 Å². The van der Waals surface area contributed by atoms with Crippen LogP contribution in [0.25, 0.3) is 11.1 Å². The van der Waals surface area contributed by atoms with Crippen LogP contribution in [0.3, 0.4) is 0 Å². The Morgan fingerprint density at radius 3 is 2.07 bits per heavy atom. The lowest BCUT2D eigenvalue weighted by atomic mass is 9.93. The largest absolute Gasteiger partial charge is 0.480 e. The van der Waals surface area contributed by atoms with Crippen molar-refractivity contribution in [3.8, 4) is 11.1 Å². The molecule has 1 saturated heterocycles. The van der Waals surface area contributed by atoms with E-state index < -0.39 is 43.5 Å². The second-order valence-electron chi connectivity index (χ2n) is 7.33.